The van der Waals surface area contributed by atoms with Crippen LogP contribution in [0.15, 0.2) is 24.4 Å². The summed E-state index contributed by atoms with van der Waals surface area (Å²) in [7, 11) is 0. The first-order chi connectivity index (χ1) is 20.0. The molecule has 2 heterocycles. The third kappa shape index (κ3) is 7.44. The van der Waals surface area contributed by atoms with E-state index < -0.39 is 46.2 Å². The van der Waals surface area contributed by atoms with Crippen molar-refractivity contribution < 1.29 is 33.2 Å². The molecule has 1 aliphatic heterocycles. The first-order valence-corrected chi connectivity index (χ1v) is 15.5. The summed E-state index contributed by atoms with van der Waals surface area (Å²) in [5.41, 5.74) is 24.6. The molecular weight excluding hydrogens is 563 g/mol. The molecule has 1 fully saturated rings. The molecule has 1 aromatic carbocycles. The number of nitrogens with two attached hydrogens (primary N) is 4. The lowest BCUT2D eigenvalue weighted by Crippen LogP contribution is -2.60. The second-order valence-corrected chi connectivity index (χ2v) is 12.2. The fourth-order valence-corrected chi connectivity index (χ4v) is 6.76. The average Bonchev–Trinajstić information content (AvgIpc) is 3.52. The Bertz CT molecular complexity index is 1290. The van der Waals surface area contributed by atoms with E-state index in [2.05, 4.69) is 0 Å². The predicted molar refractivity (Wildman–Crippen MR) is 161 cm³/mol. The highest BCUT2D eigenvalue weighted by Crippen LogP contribution is 2.33. The van der Waals surface area contributed by atoms with Crippen molar-refractivity contribution >= 4 is 45.7 Å². The summed E-state index contributed by atoms with van der Waals surface area (Å²) in [5, 5.41) is 10.2. The quantitative estimate of drug-likeness (QED) is 0.157. The van der Waals surface area contributed by atoms with Crippen LogP contribution >= 0.6 is 11.8 Å². The van der Waals surface area contributed by atoms with Crippen LogP contribution in [0.25, 0.3) is 10.9 Å². The van der Waals surface area contributed by atoms with E-state index in [1.165, 1.54) is 16.7 Å². The number of halogens is 1. The van der Waals surface area contributed by atoms with Crippen LogP contribution in [0.2, 0.25) is 0 Å². The van der Waals surface area contributed by atoms with Gasteiger partial charge in [0, 0.05) is 30.2 Å². The zero-order valence-corrected chi connectivity index (χ0v) is 25.0. The number of hydrogen-bond donors (Lipinski definition) is 5. The monoisotopic (exact) mass is 607 g/mol. The first-order valence-electron chi connectivity index (χ1n) is 14.5. The van der Waals surface area contributed by atoms with Crippen LogP contribution in [0.4, 0.5) is 9.18 Å². The molecule has 2 aromatic rings. The van der Waals surface area contributed by atoms with E-state index in [-0.39, 0.29) is 29.9 Å². The van der Waals surface area contributed by atoms with Crippen LogP contribution in [0.3, 0.4) is 0 Å². The normalized spacial score (nSPS) is 20.9. The van der Waals surface area contributed by atoms with Crippen molar-refractivity contribution in [1.29, 1.82) is 0 Å². The van der Waals surface area contributed by atoms with E-state index in [0.717, 1.165) is 18.2 Å². The molecular formula is C29H44FN6O5S+. The number of quaternary nitrogens is 1. The van der Waals surface area contributed by atoms with Crippen molar-refractivity contribution in [2.75, 3.05) is 25.4 Å². The van der Waals surface area contributed by atoms with Crippen LogP contribution < -0.4 is 22.9 Å². The molecule has 1 saturated heterocycles. The molecule has 3 rings (SSSR count). The van der Waals surface area contributed by atoms with Crippen LogP contribution in [-0.4, -0.2) is 80.7 Å². The Morgan fingerprint density at radius 2 is 1.81 bits per heavy atom. The fraction of sp³-hybridized carbons (Fsp3) is 0.586. The highest BCUT2D eigenvalue weighted by atomic mass is 32.2. The van der Waals surface area contributed by atoms with E-state index in [1.54, 1.807) is 19.2 Å². The number of carbonyl (C=O) groups is 4. The summed E-state index contributed by atoms with van der Waals surface area (Å²) < 4.78 is 14.8. The van der Waals surface area contributed by atoms with Gasteiger partial charge in [-0.2, -0.15) is 9.28 Å². The second-order valence-electron chi connectivity index (χ2n) is 11.2. The average molecular weight is 608 g/mol. The minimum absolute atomic E-state index is 0.0736. The molecule has 0 spiro atoms. The molecule has 2 amide bonds. The van der Waals surface area contributed by atoms with E-state index in [0.29, 0.717) is 68.1 Å². The number of fused-ring (bicyclic) bond motifs is 1. The van der Waals surface area contributed by atoms with Crippen LogP contribution in [0.1, 0.15) is 62.2 Å². The number of thioether (sulfide) groups is 1. The highest BCUT2D eigenvalue weighted by molar-refractivity contribution is 8.13. The lowest BCUT2D eigenvalue weighted by Gasteiger charge is -2.32. The summed E-state index contributed by atoms with van der Waals surface area (Å²) >= 11 is 0.906. The van der Waals surface area contributed by atoms with Crippen molar-refractivity contribution in [2.45, 2.75) is 76.4 Å². The maximum atomic E-state index is 14.1. The topological polar surface area (TPSA) is 198 Å². The molecule has 9 N–H and O–H groups in total. The summed E-state index contributed by atoms with van der Waals surface area (Å²) in [6.07, 6.45) is 4.46. The third-order valence-corrected chi connectivity index (χ3v) is 9.43. The van der Waals surface area contributed by atoms with E-state index in [9.17, 15) is 28.7 Å². The van der Waals surface area contributed by atoms with Crippen molar-refractivity contribution in [3.05, 3.63) is 35.8 Å². The number of benzene rings is 1. The Hall–Kier alpha value is -2.68. The molecule has 42 heavy (non-hydrogen) atoms. The van der Waals surface area contributed by atoms with Gasteiger partial charge in [-0.1, -0.05) is 18.2 Å². The third-order valence-electron chi connectivity index (χ3n) is 8.27. The molecule has 5 atom stereocenters. The van der Waals surface area contributed by atoms with Gasteiger partial charge in [-0.3, -0.25) is 14.2 Å². The lowest BCUT2D eigenvalue weighted by molar-refractivity contribution is -0.794. The molecule has 13 heteroatoms. The predicted octanol–water partition coefficient (Wildman–Crippen LogP) is 2.57. The smallest absolute Gasteiger partial charge is 0.435 e. The number of amides is 2. The van der Waals surface area contributed by atoms with Crippen molar-refractivity contribution in [3.63, 3.8) is 0 Å². The van der Waals surface area contributed by atoms with Gasteiger partial charge in [-0.25, -0.2) is 9.18 Å². The highest BCUT2D eigenvalue weighted by Gasteiger charge is 2.54. The molecule has 232 valence electrons. The maximum Gasteiger partial charge on any atom is 0.521 e. The van der Waals surface area contributed by atoms with Crippen molar-refractivity contribution in [3.8, 4) is 0 Å². The number of carbonyl (C=O) groups excluding carboxylic acids is 3. The number of imide groups is 1. The SMILES string of the molecule is C[C@@H]1CCC[N+]1(C(=O)O)C(=O)C(CCCN)CSC(=O)[C@@H](N)Cc1cn(C(=O)[C@@H](N)CCCCN)c2cc(F)ccc12. The minimum atomic E-state index is -1.17. The van der Waals surface area contributed by atoms with Gasteiger partial charge in [0.05, 0.1) is 30.1 Å². The molecule has 0 saturated carbocycles. The summed E-state index contributed by atoms with van der Waals surface area (Å²) in [6.45, 7) is 2.83. The fourth-order valence-electron chi connectivity index (χ4n) is 5.79. The van der Waals surface area contributed by atoms with Crippen LogP contribution in [0, 0.1) is 11.7 Å². The molecule has 0 radical (unpaired) electrons. The van der Waals surface area contributed by atoms with E-state index >= 15 is 0 Å². The van der Waals surface area contributed by atoms with Crippen molar-refractivity contribution in [2.24, 2.45) is 28.9 Å². The minimum Gasteiger partial charge on any atom is -0.435 e. The van der Waals surface area contributed by atoms with Gasteiger partial charge < -0.3 is 28.0 Å². The Morgan fingerprint density at radius 1 is 1.10 bits per heavy atom. The zero-order valence-electron chi connectivity index (χ0n) is 24.2. The summed E-state index contributed by atoms with van der Waals surface area (Å²) in [5.74, 6) is -1.89. The van der Waals surface area contributed by atoms with Gasteiger partial charge in [0.2, 0.25) is 11.0 Å². The first kappa shape index (κ1) is 33.8. The second kappa shape index (κ2) is 15.2. The Balaban J connectivity index is 1.75. The van der Waals surface area contributed by atoms with Gasteiger partial charge in [-0.05, 0) is 75.9 Å². The van der Waals surface area contributed by atoms with Gasteiger partial charge in [-0.15, -0.1) is 0 Å². The van der Waals surface area contributed by atoms with Gasteiger partial charge in [0.1, 0.15) is 11.9 Å². The summed E-state index contributed by atoms with van der Waals surface area (Å²) in [6, 6.07) is 1.94. The van der Waals surface area contributed by atoms with Crippen LogP contribution in [0.5, 0.6) is 0 Å². The largest absolute Gasteiger partial charge is 0.521 e. The van der Waals surface area contributed by atoms with Gasteiger partial charge in [0.15, 0.2) is 0 Å². The summed E-state index contributed by atoms with van der Waals surface area (Å²) in [4.78, 5) is 52.1. The molecule has 0 bridgehead atoms. The molecule has 2 unspecified atom stereocenters. The maximum absolute atomic E-state index is 14.1. The number of nitrogens with zero attached hydrogens (tertiary/aromatic N) is 2. The van der Waals surface area contributed by atoms with Crippen LogP contribution in [-0.2, 0) is 16.0 Å². The number of rotatable bonds is 14. The molecule has 1 aromatic heterocycles. The van der Waals surface area contributed by atoms with E-state index in [1.807, 2.05) is 0 Å². The number of hydrogen-bond acceptors (Lipinski definition) is 9. The van der Waals surface area contributed by atoms with Gasteiger partial charge >= 0.3 is 12.0 Å². The van der Waals surface area contributed by atoms with Crippen molar-refractivity contribution in [1.82, 2.24) is 4.57 Å². The number of unbranched alkanes of at least 4 members (excludes halogenated alkanes) is 1. The number of likely N-dealkylation sites (tertiary alicyclic amines) is 1. The number of carboxylic acid groups (broad SMARTS) is 1. The number of aromatic nitrogens is 1. The van der Waals surface area contributed by atoms with Gasteiger partial charge in [0.25, 0.3) is 0 Å². The van der Waals surface area contributed by atoms with E-state index in [4.69, 9.17) is 22.9 Å². The molecule has 11 nitrogen and oxygen atoms in total. The standard InChI is InChI=1S/C29H43FN6O5S/c1-18-6-5-13-36(18,29(40)41)27(38)19(7-4-12-32)17-42-28(39)24(34)14-20-16-35(25-15-21(30)9-10-22(20)25)26(37)23(33)8-2-3-11-31/h9-10,15-16,18-19,23-24H,2-8,11-14,17,31-34H2,1H3/p+1/t18-,19?,23+,24+,36?/m1/s1. The Morgan fingerprint density at radius 3 is 2.43 bits per heavy atom. The molecule has 0 aliphatic carbocycles. The molecule has 1 aliphatic rings. The lowest BCUT2D eigenvalue weighted by atomic mass is 10.0. The zero-order chi connectivity index (χ0) is 31.0. The Kier molecular flexibility index (Phi) is 12.2. The Labute approximate surface area is 249 Å².